The molecule has 0 aliphatic carbocycles. The van der Waals surface area contributed by atoms with Gasteiger partial charge >= 0.3 is 0 Å². The molecule has 184 valence electrons. The van der Waals surface area contributed by atoms with Crippen molar-refractivity contribution in [2.24, 2.45) is 0 Å². The maximum atomic E-state index is 13.7. The summed E-state index contributed by atoms with van der Waals surface area (Å²) in [6.07, 6.45) is 1.20. The minimum Gasteiger partial charge on any atom is -0.493 e. The third kappa shape index (κ3) is 4.96. The second-order valence-electron chi connectivity index (χ2n) is 9.30. The zero-order valence-electron chi connectivity index (χ0n) is 21.3. The first-order chi connectivity index (χ1) is 16.7. The van der Waals surface area contributed by atoms with Gasteiger partial charge in [0, 0.05) is 30.5 Å². The smallest absolute Gasteiger partial charge is 0.232 e. The average molecular weight is 493 g/mol. The lowest BCUT2D eigenvalue weighted by molar-refractivity contribution is -0.118. The lowest BCUT2D eigenvalue weighted by Gasteiger charge is -2.39. The van der Waals surface area contributed by atoms with Crippen molar-refractivity contribution < 1.29 is 14.3 Å². The van der Waals surface area contributed by atoms with Crippen LogP contribution in [0.5, 0.6) is 11.5 Å². The van der Waals surface area contributed by atoms with Crippen LogP contribution in [0, 0.1) is 6.92 Å². The maximum Gasteiger partial charge on any atom is 0.232 e. The van der Waals surface area contributed by atoms with E-state index in [9.17, 15) is 4.79 Å². The Hall–Kier alpha value is -3.18. The van der Waals surface area contributed by atoms with Crippen molar-refractivity contribution in [2.75, 3.05) is 31.0 Å². The number of rotatable bonds is 7. The highest BCUT2D eigenvalue weighted by Crippen LogP contribution is 2.44. The van der Waals surface area contributed by atoms with Gasteiger partial charge in [-0.15, -0.1) is 0 Å². The number of fused-ring (bicyclic) bond motifs is 1. The third-order valence-corrected chi connectivity index (χ3v) is 6.89. The molecule has 0 saturated heterocycles. The van der Waals surface area contributed by atoms with Crippen molar-refractivity contribution in [3.05, 3.63) is 81.9 Å². The molecule has 4 rings (SSSR count). The standard InChI is InChI=1S/C29H33ClN2O3/c1-7-19(3)35-27-17-24-21(15-26(27)34-6)16-28(33)32(29(24)20-8-10-22(30)11-9-20)25-13-12-23(31(4)5)14-18(25)2/h8-15,17,19,29H,7,16H2,1-6H3/t19-,29?/m1/s1. The number of carbonyl (C=O) groups is 1. The van der Waals surface area contributed by atoms with Crippen molar-refractivity contribution in [1.29, 1.82) is 0 Å². The maximum absolute atomic E-state index is 13.7. The van der Waals surface area contributed by atoms with Crippen molar-refractivity contribution in [3.63, 3.8) is 0 Å². The van der Waals surface area contributed by atoms with E-state index >= 15 is 0 Å². The fourth-order valence-electron chi connectivity index (χ4n) is 4.54. The van der Waals surface area contributed by atoms with E-state index in [-0.39, 0.29) is 24.5 Å². The van der Waals surface area contributed by atoms with E-state index in [1.54, 1.807) is 7.11 Å². The summed E-state index contributed by atoms with van der Waals surface area (Å²) in [5.41, 5.74) is 5.99. The number of ether oxygens (including phenoxy) is 2. The Labute approximate surface area is 213 Å². The molecule has 0 spiro atoms. The van der Waals surface area contributed by atoms with Crippen LogP contribution in [0.1, 0.15) is 48.6 Å². The highest BCUT2D eigenvalue weighted by Gasteiger charge is 2.36. The van der Waals surface area contributed by atoms with Gasteiger partial charge in [-0.3, -0.25) is 4.79 Å². The van der Waals surface area contributed by atoms with E-state index in [2.05, 4.69) is 30.9 Å². The third-order valence-electron chi connectivity index (χ3n) is 6.63. The number of benzene rings is 3. The fraction of sp³-hybridized carbons (Fsp3) is 0.345. The minimum absolute atomic E-state index is 0.0378. The normalized spacial score (nSPS) is 16.0. The van der Waals surface area contributed by atoms with E-state index in [0.717, 1.165) is 40.0 Å². The largest absolute Gasteiger partial charge is 0.493 e. The fourth-order valence-corrected chi connectivity index (χ4v) is 4.67. The van der Waals surface area contributed by atoms with Gasteiger partial charge in [-0.25, -0.2) is 0 Å². The summed E-state index contributed by atoms with van der Waals surface area (Å²) >= 11 is 6.22. The number of aryl methyl sites for hydroxylation is 1. The van der Waals surface area contributed by atoms with Crippen LogP contribution in [0.4, 0.5) is 11.4 Å². The van der Waals surface area contributed by atoms with Crippen molar-refractivity contribution in [3.8, 4) is 11.5 Å². The molecule has 1 amide bonds. The molecule has 1 aliphatic rings. The number of hydrogen-bond acceptors (Lipinski definition) is 4. The second-order valence-corrected chi connectivity index (χ2v) is 9.73. The van der Waals surface area contributed by atoms with E-state index in [0.29, 0.717) is 16.5 Å². The van der Waals surface area contributed by atoms with Gasteiger partial charge in [0.15, 0.2) is 11.5 Å². The molecule has 0 N–H and O–H groups in total. The summed E-state index contributed by atoms with van der Waals surface area (Å²) in [5.74, 6) is 1.37. The van der Waals surface area contributed by atoms with Gasteiger partial charge in [0.2, 0.25) is 5.91 Å². The van der Waals surface area contributed by atoms with E-state index < -0.39 is 0 Å². The van der Waals surface area contributed by atoms with Crippen LogP contribution in [0.25, 0.3) is 0 Å². The zero-order valence-corrected chi connectivity index (χ0v) is 22.0. The molecule has 0 saturated carbocycles. The van der Waals surface area contributed by atoms with Crippen molar-refractivity contribution in [1.82, 2.24) is 0 Å². The lowest BCUT2D eigenvalue weighted by Crippen LogP contribution is -2.41. The van der Waals surface area contributed by atoms with Gasteiger partial charge in [-0.2, -0.15) is 0 Å². The molecular weight excluding hydrogens is 460 g/mol. The van der Waals surface area contributed by atoms with E-state index in [4.69, 9.17) is 21.1 Å². The van der Waals surface area contributed by atoms with Crippen LogP contribution < -0.4 is 19.3 Å². The zero-order chi connectivity index (χ0) is 25.3. The first-order valence-electron chi connectivity index (χ1n) is 12.0. The molecular formula is C29H33ClN2O3. The van der Waals surface area contributed by atoms with Crippen molar-refractivity contribution in [2.45, 2.75) is 45.8 Å². The number of nitrogens with zero attached hydrogens (tertiary/aromatic N) is 2. The van der Waals surface area contributed by atoms with Crippen LogP contribution >= 0.6 is 11.6 Å². The number of halogens is 1. The van der Waals surface area contributed by atoms with Crippen LogP contribution in [-0.2, 0) is 11.2 Å². The molecule has 5 nitrogen and oxygen atoms in total. The first kappa shape index (κ1) is 24.9. The Kier molecular flexibility index (Phi) is 7.27. The van der Waals surface area contributed by atoms with Gasteiger partial charge < -0.3 is 19.3 Å². The summed E-state index contributed by atoms with van der Waals surface area (Å²) in [6, 6.07) is 17.6. The van der Waals surface area contributed by atoms with Crippen LogP contribution in [-0.4, -0.2) is 33.2 Å². The van der Waals surface area contributed by atoms with Gasteiger partial charge in [-0.1, -0.05) is 30.7 Å². The molecule has 1 aliphatic heterocycles. The van der Waals surface area contributed by atoms with E-state index in [1.807, 2.05) is 68.4 Å². The summed E-state index contributed by atoms with van der Waals surface area (Å²) in [6.45, 7) is 6.18. The predicted molar refractivity (Wildman–Crippen MR) is 143 cm³/mol. The summed E-state index contributed by atoms with van der Waals surface area (Å²) in [7, 11) is 5.66. The first-order valence-corrected chi connectivity index (χ1v) is 12.3. The molecule has 2 atom stereocenters. The number of anilines is 2. The van der Waals surface area contributed by atoms with Crippen LogP contribution in [0.2, 0.25) is 5.02 Å². The summed E-state index contributed by atoms with van der Waals surface area (Å²) in [5, 5.41) is 0.657. The Morgan fingerprint density at radius 3 is 2.40 bits per heavy atom. The average Bonchev–Trinajstić information content (AvgIpc) is 2.83. The summed E-state index contributed by atoms with van der Waals surface area (Å²) in [4.78, 5) is 17.7. The van der Waals surface area contributed by atoms with E-state index in [1.165, 1.54) is 0 Å². The molecule has 3 aromatic rings. The number of carbonyl (C=O) groups excluding carboxylic acids is 1. The molecule has 0 bridgehead atoms. The number of amides is 1. The Bertz CT molecular complexity index is 1220. The van der Waals surface area contributed by atoms with Gasteiger partial charge in [-0.05, 0) is 85.0 Å². The predicted octanol–water partition coefficient (Wildman–Crippen LogP) is 6.58. The molecule has 0 aromatic heterocycles. The molecule has 1 unspecified atom stereocenters. The van der Waals surface area contributed by atoms with Crippen molar-refractivity contribution >= 4 is 28.9 Å². The quantitative estimate of drug-likeness (QED) is 0.373. The minimum atomic E-state index is -0.322. The van der Waals surface area contributed by atoms with Crippen LogP contribution in [0.15, 0.2) is 54.6 Å². The second kappa shape index (κ2) is 10.2. The van der Waals surface area contributed by atoms with Gasteiger partial charge in [0.1, 0.15) is 0 Å². The van der Waals surface area contributed by atoms with Gasteiger partial charge in [0.05, 0.1) is 25.7 Å². The SMILES string of the molecule is CC[C@@H](C)Oc1cc2c(cc1OC)CC(=O)N(c1ccc(N(C)C)cc1C)C2c1ccc(Cl)cc1. The lowest BCUT2D eigenvalue weighted by atomic mass is 9.86. The monoisotopic (exact) mass is 492 g/mol. The molecule has 6 heteroatoms. The molecule has 0 fully saturated rings. The number of methoxy groups -OCH3 is 1. The molecule has 1 heterocycles. The molecule has 0 radical (unpaired) electrons. The summed E-state index contributed by atoms with van der Waals surface area (Å²) < 4.78 is 11.9. The Morgan fingerprint density at radius 1 is 1.09 bits per heavy atom. The molecule has 35 heavy (non-hydrogen) atoms. The Morgan fingerprint density at radius 2 is 1.80 bits per heavy atom. The molecule has 3 aromatic carbocycles. The van der Waals surface area contributed by atoms with Gasteiger partial charge in [0.25, 0.3) is 0 Å². The highest BCUT2D eigenvalue weighted by atomic mass is 35.5. The highest BCUT2D eigenvalue weighted by molar-refractivity contribution is 6.30. The van der Waals surface area contributed by atoms with Crippen LogP contribution in [0.3, 0.4) is 0 Å². The number of hydrogen-bond donors (Lipinski definition) is 0. The Balaban J connectivity index is 1.92. The topological polar surface area (TPSA) is 42.0 Å².